The zero-order valence-electron chi connectivity index (χ0n) is 16.3. The molecule has 0 aliphatic rings. The third kappa shape index (κ3) is 4.26. The first-order valence-electron chi connectivity index (χ1n) is 9.25. The van der Waals surface area contributed by atoms with Crippen molar-refractivity contribution in [1.29, 1.82) is 0 Å². The molecular formula is C22H16N4O4S. The van der Waals surface area contributed by atoms with Gasteiger partial charge in [-0.05, 0) is 55.5 Å². The van der Waals surface area contributed by atoms with Crippen LogP contribution in [0.5, 0.6) is 0 Å². The topological polar surface area (TPSA) is 110 Å². The van der Waals surface area contributed by atoms with Gasteiger partial charge in [-0.25, -0.2) is 4.98 Å². The maximum absolute atomic E-state index is 12.5. The lowest BCUT2D eigenvalue weighted by atomic mass is 10.1. The number of carbonyl (C=O) groups is 1. The number of thiocarbonyl (C=S) groups is 1. The lowest BCUT2D eigenvalue weighted by Gasteiger charge is -2.11. The van der Waals surface area contributed by atoms with E-state index in [2.05, 4.69) is 15.6 Å². The van der Waals surface area contributed by atoms with Crippen LogP contribution in [0.25, 0.3) is 22.6 Å². The largest absolute Gasteiger partial charge is 0.436 e. The van der Waals surface area contributed by atoms with Crippen LogP contribution in [-0.2, 0) is 0 Å². The van der Waals surface area contributed by atoms with Gasteiger partial charge in [-0.2, -0.15) is 0 Å². The van der Waals surface area contributed by atoms with Gasteiger partial charge in [-0.1, -0.05) is 24.3 Å². The smallest absolute Gasteiger partial charge is 0.273 e. The second-order valence-corrected chi connectivity index (χ2v) is 7.09. The van der Waals surface area contributed by atoms with Crippen LogP contribution in [-0.4, -0.2) is 20.9 Å². The number of anilines is 1. The number of hydrogen-bond donors (Lipinski definition) is 2. The number of nitro groups is 1. The molecule has 0 fully saturated rings. The normalized spacial score (nSPS) is 10.6. The Kier molecular flexibility index (Phi) is 5.42. The van der Waals surface area contributed by atoms with Gasteiger partial charge in [0.1, 0.15) is 5.52 Å². The average Bonchev–Trinajstić information content (AvgIpc) is 3.18. The van der Waals surface area contributed by atoms with Crippen LogP contribution in [0.1, 0.15) is 15.9 Å². The second kappa shape index (κ2) is 8.33. The Bertz CT molecular complexity index is 1300. The number of carbonyl (C=O) groups excluding carboxylic acids is 1. The van der Waals surface area contributed by atoms with Crippen molar-refractivity contribution in [1.82, 2.24) is 10.3 Å². The van der Waals surface area contributed by atoms with E-state index < -0.39 is 10.8 Å². The fraction of sp³-hybridized carbons (Fsp3) is 0.0455. The molecule has 1 heterocycles. The van der Waals surface area contributed by atoms with Crippen molar-refractivity contribution in [3.8, 4) is 11.5 Å². The van der Waals surface area contributed by atoms with Crippen molar-refractivity contribution in [2.45, 2.75) is 6.92 Å². The Balaban J connectivity index is 1.49. The summed E-state index contributed by atoms with van der Waals surface area (Å²) < 4.78 is 5.78. The minimum absolute atomic E-state index is 0.0608. The molecule has 0 atom stereocenters. The SMILES string of the molecule is Cc1c(C(=O)NC(=S)Nc2cccc(-c3nc4ccccc4o3)c2)cccc1[N+](=O)[O-]. The van der Waals surface area contributed by atoms with Gasteiger partial charge < -0.3 is 9.73 Å². The number of amides is 1. The van der Waals surface area contributed by atoms with Crippen molar-refractivity contribution >= 4 is 45.7 Å². The van der Waals surface area contributed by atoms with Crippen LogP contribution < -0.4 is 10.6 Å². The molecule has 0 unspecified atom stereocenters. The molecule has 0 spiro atoms. The predicted molar refractivity (Wildman–Crippen MR) is 121 cm³/mol. The molecule has 4 aromatic rings. The summed E-state index contributed by atoms with van der Waals surface area (Å²) in [6.45, 7) is 1.52. The molecule has 154 valence electrons. The molecule has 0 aliphatic heterocycles. The van der Waals surface area contributed by atoms with Crippen molar-refractivity contribution < 1.29 is 14.1 Å². The average molecular weight is 432 g/mol. The zero-order valence-corrected chi connectivity index (χ0v) is 17.1. The van der Waals surface area contributed by atoms with Crippen molar-refractivity contribution in [2.24, 2.45) is 0 Å². The third-order valence-corrected chi connectivity index (χ3v) is 4.84. The predicted octanol–water partition coefficient (Wildman–Crippen LogP) is 4.84. The van der Waals surface area contributed by atoms with Gasteiger partial charge in [-0.15, -0.1) is 0 Å². The van der Waals surface area contributed by atoms with Crippen LogP contribution >= 0.6 is 12.2 Å². The molecule has 31 heavy (non-hydrogen) atoms. The van der Waals surface area contributed by atoms with Crippen molar-refractivity contribution in [2.75, 3.05) is 5.32 Å². The summed E-state index contributed by atoms with van der Waals surface area (Å²) in [5, 5.41) is 16.6. The molecular weight excluding hydrogens is 416 g/mol. The van der Waals surface area contributed by atoms with E-state index in [0.717, 1.165) is 11.1 Å². The molecule has 0 radical (unpaired) electrons. The molecule has 0 saturated heterocycles. The van der Waals surface area contributed by atoms with E-state index >= 15 is 0 Å². The lowest BCUT2D eigenvalue weighted by Crippen LogP contribution is -2.34. The quantitative estimate of drug-likeness (QED) is 0.270. The Morgan fingerprint density at radius 3 is 2.65 bits per heavy atom. The fourth-order valence-electron chi connectivity index (χ4n) is 3.13. The fourth-order valence-corrected chi connectivity index (χ4v) is 3.34. The molecule has 1 amide bonds. The standard InChI is InChI=1S/C22H16N4O4S/c1-13-16(8-5-10-18(13)26(28)29)20(27)25-22(31)23-15-7-4-6-14(12-15)21-24-17-9-2-3-11-19(17)30-21/h2-12H,1H3,(H2,23,25,27,31). The first-order valence-corrected chi connectivity index (χ1v) is 9.65. The number of aromatic nitrogens is 1. The number of para-hydroxylation sites is 2. The van der Waals surface area contributed by atoms with Gasteiger partial charge in [0, 0.05) is 28.4 Å². The molecule has 0 bridgehead atoms. The second-order valence-electron chi connectivity index (χ2n) is 6.68. The Hall–Kier alpha value is -4.11. The Morgan fingerprint density at radius 2 is 1.87 bits per heavy atom. The minimum Gasteiger partial charge on any atom is -0.436 e. The number of benzene rings is 3. The molecule has 0 aliphatic carbocycles. The van der Waals surface area contributed by atoms with E-state index in [9.17, 15) is 14.9 Å². The highest BCUT2D eigenvalue weighted by Crippen LogP contribution is 2.26. The monoisotopic (exact) mass is 432 g/mol. The van der Waals surface area contributed by atoms with Gasteiger partial charge in [0.15, 0.2) is 10.7 Å². The number of fused-ring (bicyclic) bond motifs is 1. The minimum atomic E-state index is -0.534. The van der Waals surface area contributed by atoms with Gasteiger partial charge >= 0.3 is 0 Å². The molecule has 0 saturated carbocycles. The Morgan fingerprint density at radius 1 is 1.10 bits per heavy atom. The summed E-state index contributed by atoms with van der Waals surface area (Å²) in [5.74, 6) is -0.0687. The van der Waals surface area contributed by atoms with E-state index in [1.165, 1.54) is 25.1 Å². The molecule has 9 heteroatoms. The summed E-state index contributed by atoms with van der Waals surface area (Å²) in [6, 6.07) is 19.0. The van der Waals surface area contributed by atoms with E-state index in [0.29, 0.717) is 17.2 Å². The summed E-state index contributed by atoms with van der Waals surface area (Å²) in [4.78, 5) is 27.6. The van der Waals surface area contributed by atoms with E-state index in [-0.39, 0.29) is 21.9 Å². The van der Waals surface area contributed by atoms with Crippen molar-refractivity contribution in [3.63, 3.8) is 0 Å². The van der Waals surface area contributed by atoms with Gasteiger partial charge in [0.25, 0.3) is 11.6 Å². The van der Waals surface area contributed by atoms with Crippen LogP contribution in [0.4, 0.5) is 11.4 Å². The summed E-state index contributed by atoms with van der Waals surface area (Å²) >= 11 is 5.24. The Labute approximate surface area is 182 Å². The highest BCUT2D eigenvalue weighted by atomic mass is 32.1. The molecule has 1 aromatic heterocycles. The maximum Gasteiger partial charge on any atom is 0.273 e. The highest BCUT2D eigenvalue weighted by Gasteiger charge is 2.18. The molecule has 8 nitrogen and oxygen atoms in total. The number of rotatable bonds is 4. The number of nitro benzene ring substituents is 1. The van der Waals surface area contributed by atoms with Crippen LogP contribution in [0, 0.1) is 17.0 Å². The lowest BCUT2D eigenvalue weighted by molar-refractivity contribution is -0.385. The zero-order chi connectivity index (χ0) is 22.0. The van der Waals surface area contributed by atoms with Crippen LogP contribution in [0.3, 0.4) is 0 Å². The number of hydrogen-bond acceptors (Lipinski definition) is 6. The van der Waals surface area contributed by atoms with Gasteiger partial charge in [0.2, 0.25) is 5.89 Å². The number of nitrogens with one attached hydrogen (secondary N) is 2. The molecule has 4 rings (SSSR count). The van der Waals surface area contributed by atoms with Crippen LogP contribution in [0.2, 0.25) is 0 Å². The van der Waals surface area contributed by atoms with E-state index in [4.69, 9.17) is 16.6 Å². The summed E-state index contributed by atoms with van der Waals surface area (Å²) in [6.07, 6.45) is 0. The third-order valence-electron chi connectivity index (χ3n) is 4.63. The first-order chi connectivity index (χ1) is 14.9. The number of nitrogens with zero attached hydrogens (tertiary/aromatic N) is 2. The van der Waals surface area contributed by atoms with Crippen LogP contribution in [0.15, 0.2) is 71.1 Å². The summed E-state index contributed by atoms with van der Waals surface area (Å²) in [7, 11) is 0. The maximum atomic E-state index is 12.5. The molecule has 2 N–H and O–H groups in total. The van der Waals surface area contributed by atoms with Gasteiger partial charge in [0.05, 0.1) is 4.92 Å². The summed E-state index contributed by atoms with van der Waals surface area (Å²) in [5.41, 5.74) is 3.13. The molecule has 3 aromatic carbocycles. The van der Waals surface area contributed by atoms with Crippen molar-refractivity contribution in [3.05, 3.63) is 88.0 Å². The van der Waals surface area contributed by atoms with Gasteiger partial charge in [-0.3, -0.25) is 20.2 Å². The van der Waals surface area contributed by atoms with E-state index in [1.807, 2.05) is 36.4 Å². The van der Waals surface area contributed by atoms with E-state index in [1.54, 1.807) is 12.1 Å². The number of oxazole rings is 1. The first kappa shape index (κ1) is 20.2. The highest BCUT2D eigenvalue weighted by molar-refractivity contribution is 7.80.